The highest BCUT2D eigenvalue weighted by Crippen LogP contribution is 2.34. The Labute approximate surface area is 187 Å². The number of fused-ring (bicyclic) bond motifs is 3. The summed E-state index contributed by atoms with van der Waals surface area (Å²) in [6, 6.07) is 17.8. The maximum absolute atomic E-state index is 3.64. The molecule has 0 amide bonds. The van der Waals surface area contributed by atoms with Crippen molar-refractivity contribution >= 4 is 77.2 Å². The third-order valence-electron chi connectivity index (χ3n) is 5.17. The molecule has 4 rings (SSSR count). The first-order valence-electron chi connectivity index (χ1n) is 9.81. The smallest absolute Gasteiger partial charge is 0.0782 e. The fraction of sp³-hybridized carbons (Fsp3) is 0.250. The molecular formula is C24H23Br2NS. The second-order valence-electron chi connectivity index (χ2n) is 7.12. The highest BCUT2D eigenvalue weighted by Gasteiger charge is 2.10. The van der Waals surface area contributed by atoms with Crippen LogP contribution in [0.3, 0.4) is 0 Å². The van der Waals surface area contributed by atoms with Crippen LogP contribution < -0.4 is 0 Å². The van der Waals surface area contributed by atoms with Gasteiger partial charge in [-0.3, -0.25) is 0 Å². The number of para-hydroxylation sites is 1. The summed E-state index contributed by atoms with van der Waals surface area (Å²) >= 11 is 8.89. The van der Waals surface area contributed by atoms with Gasteiger partial charge >= 0.3 is 0 Å². The monoisotopic (exact) mass is 515 g/mol. The zero-order chi connectivity index (χ0) is 19.5. The van der Waals surface area contributed by atoms with Crippen LogP contribution in [0.4, 0.5) is 0 Å². The Morgan fingerprint density at radius 3 is 2.50 bits per heavy atom. The number of nitrogens with zero attached hydrogens (tertiary/aromatic N) is 1. The Hall–Kier alpha value is -1.36. The lowest BCUT2D eigenvalue weighted by atomic mass is 10.1. The van der Waals surface area contributed by atoms with Crippen molar-refractivity contribution in [2.75, 3.05) is 0 Å². The number of rotatable bonds is 7. The van der Waals surface area contributed by atoms with Crippen LogP contribution in [-0.2, 0) is 6.54 Å². The van der Waals surface area contributed by atoms with Gasteiger partial charge in [-0.15, -0.1) is 11.3 Å². The number of benzene rings is 2. The van der Waals surface area contributed by atoms with Crippen LogP contribution >= 0.6 is 43.2 Å². The van der Waals surface area contributed by atoms with Crippen molar-refractivity contribution in [2.45, 2.75) is 39.2 Å². The molecule has 0 N–H and O–H groups in total. The average molecular weight is 517 g/mol. The average Bonchev–Trinajstić information content (AvgIpc) is 3.19. The van der Waals surface area contributed by atoms with Crippen molar-refractivity contribution in [3.05, 3.63) is 67.2 Å². The molecule has 0 aliphatic carbocycles. The van der Waals surface area contributed by atoms with E-state index in [1.54, 1.807) is 11.3 Å². The molecule has 4 aromatic rings. The van der Waals surface area contributed by atoms with E-state index in [0.29, 0.717) is 0 Å². The topological polar surface area (TPSA) is 4.93 Å². The lowest BCUT2D eigenvalue weighted by Gasteiger charge is -2.07. The zero-order valence-electron chi connectivity index (χ0n) is 15.9. The standard InChI is InChI=1S/C24H23Br2NS/c1-2-3-4-7-14-27-21-9-6-5-8-19(21)20-15-17(11-13-22(20)27)10-12-18-16-23(25)28-24(18)26/h5-6,8-13,15-16H,2-4,7,14H2,1H3/b12-10+. The summed E-state index contributed by atoms with van der Waals surface area (Å²) in [5, 5.41) is 2.70. The van der Waals surface area contributed by atoms with E-state index in [9.17, 15) is 0 Å². The zero-order valence-corrected chi connectivity index (χ0v) is 19.9. The largest absolute Gasteiger partial charge is 0.340 e. The van der Waals surface area contributed by atoms with E-state index in [0.717, 1.165) is 14.1 Å². The number of unbranched alkanes of at least 4 members (excludes halogenated alkanes) is 3. The predicted molar refractivity (Wildman–Crippen MR) is 132 cm³/mol. The van der Waals surface area contributed by atoms with Gasteiger partial charge in [0.05, 0.1) is 7.57 Å². The first-order chi connectivity index (χ1) is 13.7. The molecule has 28 heavy (non-hydrogen) atoms. The molecule has 0 aliphatic rings. The molecule has 144 valence electrons. The van der Waals surface area contributed by atoms with Crippen molar-refractivity contribution in [2.24, 2.45) is 0 Å². The number of thiophene rings is 1. The van der Waals surface area contributed by atoms with Gasteiger partial charge in [-0.2, -0.15) is 0 Å². The van der Waals surface area contributed by atoms with Crippen LogP contribution in [0.1, 0.15) is 43.7 Å². The van der Waals surface area contributed by atoms with Crippen LogP contribution in [0, 0.1) is 0 Å². The molecule has 2 aromatic heterocycles. The first kappa shape index (κ1) is 19.9. The van der Waals surface area contributed by atoms with E-state index in [1.807, 2.05) is 0 Å². The van der Waals surface area contributed by atoms with E-state index in [1.165, 1.54) is 58.6 Å². The molecule has 0 spiro atoms. The highest BCUT2D eigenvalue weighted by molar-refractivity contribution is 9.12. The third-order valence-corrected chi connectivity index (χ3v) is 7.56. The lowest BCUT2D eigenvalue weighted by Crippen LogP contribution is -1.97. The van der Waals surface area contributed by atoms with E-state index in [-0.39, 0.29) is 0 Å². The molecule has 0 radical (unpaired) electrons. The number of halogens is 2. The van der Waals surface area contributed by atoms with Gasteiger partial charge in [0.1, 0.15) is 0 Å². The van der Waals surface area contributed by atoms with E-state index < -0.39 is 0 Å². The van der Waals surface area contributed by atoms with Crippen molar-refractivity contribution in [3.8, 4) is 0 Å². The molecule has 0 saturated heterocycles. The number of hydrogen-bond donors (Lipinski definition) is 0. The number of aryl methyl sites for hydroxylation is 1. The summed E-state index contributed by atoms with van der Waals surface area (Å²) in [5.74, 6) is 0. The summed E-state index contributed by atoms with van der Waals surface area (Å²) in [6.45, 7) is 3.36. The lowest BCUT2D eigenvalue weighted by molar-refractivity contribution is 0.602. The van der Waals surface area contributed by atoms with Gasteiger partial charge in [-0.05, 0) is 68.1 Å². The van der Waals surface area contributed by atoms with Crippen LogP contribution in [0.2, 0.25) is 0 Å². The number of hydrogen-bond acceptors (Lipinski definition) is 1. The van der Waals surface area contributed by atoms with Gasteiger partial charge in [0, 0.05) is 33.9 Å². The molecule has 4 heteroatoms. The highest BCUT2D eigenvalue weighted by atomic mass is 79.9. The first-order valence-corrected chi connectivity index (χ1v) is 12.2. The maximum atomic E-state index is 3.64. The Bertz CT molecular complexity index is 1140. The van der Waals surface area contributed by atoms with Gasteiger partial charge in [-0.25, -0.2) is 0 Å². The minimum atomic E-state index is 1.09. The minimum absolute atomic E-state index is 1.09. The Morgan fingerprint density at radius 2 is 1.71 bits per heavy atom. The quantitative estimate of drug-likeness (QED) is 0.216. The maximum Gasteiger partial charge on any atom is 0.0782 e. The molecule has 0 aliphatic heterocycles. The van der Waals surface area contributed by atoms with Gasteiger partial charge < -0.3 is 4.57 Å². The molecule has 0 unspecified atom stereocenters. The molecule has 0 fully saturated rings. The fourth-order valence-electron chi connectivity index (χ4n) is 3.77. The molecule has 1 nitrogen and oxygen atoms in total. The second kappa shape index (κ2) is 8.98. The molecule has 2 aromatic carbocycles. The molecule has 0 atom stereocenters. The molecule has 0 bridgehead atoms. The second-order valence-corrected chi connectivity index (χ2v) is 10.9. The Kier molecular flexibility index (Phi) is 6.39. The predicted octanol–water partition coefficient (Wildman–Crippen LogP) is 9.13. The van der Waals surface area contributed by atoms with Gasteiger partial charge in [0.25, 0.3) is 0 Å². The molecule has 2 heterocycles. The SMILES string of the molecule is CCCCCCn1c2ccccc2c2cc(/C=C/c3cc(Br)sc3Br)ccc21. The van der Waals surface area contributed by atoms with Crippen LogP contribution in [0.25, 0.3) is 34.0 Å². The summed E-state index contributed by atoms with van der Waals surface area (Å²) < 4.78 is 4.79. The summed E-state index contributed by atoms with van der Waals surface area (Å²) in [5.41, 5.74) is 5.12. The molecule has 0 saturated carbocycles. The van der Waals surface area contributed by atoms with Gasteiger partial charge in [-0.1, -0.05) is 62.6 Å². The van der Waals surface area contributed by atoms with Crippen molar-refractivity contribution in [3.63, 3.8) is 0 Å². The van der Waals surface area contributed by atoms with Gasteiger partial charge in [0.2, 0.25) is 0 Å². The summed E-state index contributed by atoms with van der Waals surface area (Å²) in [4.78, 5) is 0. The van der Waals surface area contributed by atoms with E-state index >= 15 is 0 Å². The summed E-state index contributed by atoms with van der Waals surface area (Å²) in [6.07, 6.45) is 9.52. The Morgan fingerprint density at radius 1 is 0.893 bits per heavy atom. The Balaban J connectivity index is 1.71. The van der Waals surface area contributed by atoms with Gasteiger partial charge in [0.15, 0.2) is 0 Å². The van der Waals surface area contributed by atoms with Crippen LogP contribution in [-0.4, -0.2) is 4.57 Å². The van der Waals surface area contributed by atoms with Crippen molar-refractivity contribution in [1.29, 1.82) is 0 Å². The van der Waals surface area contributed by atoms with Crippen molar-refractivity contribution < 1.29 is 0 Å². The minimum Gasteiger partial charge on any atom is -0.340 e. The van der Waals surface area contributed by atoms with Crippen molar-refractivity contribution in [1.82, 2.24) is 4.57 Å². The summed E-state index contributed by atoms with van der Waals surface area (Å²) in [7, 11) is 0. The fourth-order valence-corrected chi connectivity index (χ4v) is 6.52. The van der Waals surface area contributed by atoms with E-state index in [2.05, 4.69) is 104 Å². The normalized spacial score (nSPS) is 12.0. The number of aromatic nitrogens is 1. The molecular weight excluding hydrogens is 494 g/mol. The van der Waals surface area contributed by atoms with Crippen LogP contribution in [0.5, 0.6) is 0 Å². The van der Waals surface area contributed by atoms with Crippen LogP contribution in [0.15, 0.2) is 56.1 Å². The third kappa shape index (κ3) is 4.14. The van der Waals surface area contributed by atoms with E-state index in [4.69, 9.17) is 0 Å².